The molecule has 2 aliphatic rings. The molecule has 1 atom stereocenters. The summed E-state index contributed by atoms with van der Waals surface area (Å²) in [6, 6.07) is 8.10. The molecule has 0 radical (unpaired) electrons. The molecule has 0 aliphatic carbocycles. The SMILES string of the molecule is OCCN1CCC2(CC1)CO[C@H](Cc1ccc(Cl)cc1)C2. The summed E-state index contributed by atoms with van der Waals surface area (Å²) in [4.78, 5) is 2.36. The first-order valence-electron chi connectivity index (χ1n) is 7.88. The van der Waals surface area contributed by atoms with E-state index in [9.17, 15) is 0 Å². The predicted molar refractivity (Wildman–Crippen MR) is 84.7 cm³/mol. The van der Waals surface area contributed by atoms with Crippen molar-refractivity contribution in [2.24, 2.45) is 5.41 Å². The Bertz CT molecular complexity index is 454. The number of benzene rings is 1. The summed E-state index contributed by atoms with van der Waals surface area (Å²) >= 11 is 5.93. The number of halogens is 1. The van der Waals surface area contributed by atoms with Crippen molar-refractivity contribution in [1.82, 2.24) is 4.90 Å². The van der Waals surface area contributed by atoms with Crippen LogP contribution in [0.4, 0.5) is 0 Å². The first kappa shape index (κ1) is 15.3. The number of aliphatic hydroxyl groups is 1. The van der Waals surface area contributed by atoms with Crippen LogP contribution in [0, 0.1) is 5.41 Å². The van der Waals surface area contributed by atoms with Crippen molar-refractivity contribution in [3.63, 3.8) is 0 Å². The van der Waals surface area contributed by atoms with Crippen LogP contribution in [-0.4, -0.2) is 49.0 Å². The molecule has 0 saturated carbocycles. The molecule has 2 fully saturated rings. The van der Waals surface area contributed by atoms with E-state index in [-0.39, 0.29) is 6.61 Å². The number of aliphatic hydroxyl groups excluding tert-OH is 1. The molecule has 2 saturated heterocycles. The number of β-amino-alcohol motifs (C(OH)–C–C–N with tert-alkyl or cyclic N) is 1. The third-order valence-electron chi connectivity index (χ3n) is 5.00. The van der Waals surface area contributed by atoms with Crippen LogP contribution in [0.25, 0.3) is 0 Å². The van der Waals surface area contributed by atoms with Gasteiger partial charge in [0.05, 0.1) is 19.3 Å². The summed E-state index contributed by atoms with van der Waals surface area (Å²) in [6.07, 6.45) is 4.89. The van der Waals surface area contributed by atoms with Crippen molar-refractivity contribution < 1.29 is 9.84 Å². The first-order valence-corrected chi connectivity index (χ1v) is 8.26. The smallest absolute Gasteiger partial charge is 0.0621 e. The van der Waals surface area contributed by atoms with Crippen LogP contribution >= 0.6 is 11.6 Å². The van der Waals surface area contributed by atoms with Gasteiger partial charge in [0.1, 0.15) is 0 Å². The van der Waals surface area contributed by atoms with Crippen LogP contribution < -0.4 is 0 Å². The van der Waals surface area contributed by atoms with Gasteiger partial charge in [-0.05, 0) is 61.9 Å². The van der Waals surface area contributed by atoms with Crippen LogP contribution in [0.2, 0.25) is 5.02 Å². The maximum absolute atomic E-state index is 9.03. The van der Waals surface area contributed by atoms with Crippen molar-refractivity contribution >= 4 is 11.6 Å². The molecule has 1 aromatic rings. The molecular weight excluding hydrogens is 286 g/mol. The molecule has 3 rings (SSSR count). The molecule has 0 aromatic heterocycles. The molecule has 0 bridgehead atoms. The predicted octanol–water partition coefficient (Wildman–Crippen LogP) is 2.75. The van der Waals surface area contributed by atoms with Crippen LogP contribution in [0.1, 0.15) is 24.8 Å². The highest BCUT2D eigenvalue weighted by Gasteiger charge is 2.42. The molecular formula is C17H24ClNO2. The lowest BCUT2D eigenvalue weighted by atomic mass is 9.76. The van der Waals surface area contributed by atoms with Gasteiger partial charge in [-0.2, -0.15) is 0 Å². The van der Waals surface area contributed by atoms with Crippen LogP contribution in [0.5, 0.6) is 0 Å². The largest absolute Gasteiger partial charge is 0.395 e. The molecule has 1 aromatic carbocycles. The average molecular weight is 310 g/mol. The van der Waals surface area contributed by atoms with Crippen molar-refractivity contribution in [2.75, 3.05) is 32.8 Å². The van der Waals surface area contributed by atoms with Gasteiger partial charge in [0.15, 0.2) is 0 Å². The maximum Gasteiger partial charge on any atom is 0.0621 e. The second-order valence-corrected chi connectivity index (χ2v) is 6.97. The lowest BCUT2D eigenvalue weighted by Gasteiger charge is -2.38. The highest BCUT2D eigenvalue weighted by molar-refractivity contribution is 6.30. The molecule has 2 heterocycles. The molecule has 116 valence electrons. The molecule has 0 unspecified atom stereocenters. The van der Waals surface area contributed by atoms with Crippen LogP contribution in [-0.2, 0) is 11.2 Å². The zero-order valence-electron chi connectivity index (χ0n) is 12.4. The van der Waals surface area contributed by atoms with Crippen molar-refractivity contribution in [3.8, 4) is 0 Å². The van der Waals surface area contributed by atoms with Gasteiger partial charge in [-0.3, -0.25) is 0 Å². The van der Waals surface area contributed by atoms with E-state index in [0.717, 1.165) is 37.7 Å². The van der Waals surface area contributed by atoms with E-state index >= 15 is 0 Å². The van der Waals surface area contributed by atoms with Gasteiger partial charge < -0.3 is 14.7 Å². The summed E-state index contributed by atoms with van der Waals surface area (Å²) in [5.41, 5.74) is 1.68. The number of piperidine rings is 1. The van der Waals surface area contributed by atoms with Gasteiger partial charge in [0.25, 0.3) is 0 Å². The Morgan fingerprint density at radius 2 is 1.95 bits per heavy atom. The minimum Gasteiger partial charge on any atom is -0.395 e. The van der Waals surface area contributed by atoms with Gasteiger partial charge in [-0.15, -0.1) is 0 Å². The normalized spacial score (nSPS) is 25.5. The van der Waals surface area contributed by atoms with E-state index in [2.05, 4.69) is 17.0 Å². The average Bonchev–Trinajstić information content (AvgIpc) is 2.87. The quantitative estimate of drug-likeness (QED) is 0.928. The van der Waals surface area contributed by atoms with E-state index in [1.165, 1.54) is 24.8 Å². The summed E-state index contributed by atoms with van der Waals surface area (Å²) in [5.74, 6) is 0. The second-order valence-electron chi connectivity index (χ2n) is 6.53. The molecule has 0 amide bonds. The van der Waals surface area contributed by atoms with Gasteiger partial charge in [0, 0.05) is 11.6 Å². The Morgan fingerprint density at radius 1 is 1.24 bits per heavy atom. The fraction of sp³-hybridized carbons (Fsp3) is 0.647. The highest BCUT2D eigenvalue weighted by atomic mass is 35.5. The van der Waals surface area contributed by atoms with Crippen molar-refractivity contribution in [2.45, 2.75) is 31.8 Å². The third kappa shape index (κ3) is 3.78. The summed E-state index contributed by atoms with van der Waals surface area (Å²) < 4.78 is 6.07. The minimum absolute atomic E-state index is 0.267. The van der Waals surface area contributed by atoms with Crippen LogP contribution in [0.3, 0.4) is 0 Å². The van der Waals surface area contributed by atoms with Gasteiger partial charge in [0.2, 0.25) is 0 Å². The van der Waals surface area contributed by atoms with Gasteiger partial charge >= 0.3 is 0 Å². The summed E-state index contributed by atoms with van der Waals surface area (Å²) in [7, 11) is 0. The van der Waals surface area contributed by atoms with Gasteiger partial charge in [-0.25, -0.2) is 0 Å². The molecule has 21 heavy (non-hydrogen) atoms. The number of likely N-dealkylation sites (tertiary alicyclic amines) is 1. The van der Waals surface area contributed by atoms with E-state index in [1.807, 2.05) is 12.1 Å². The van der Waals surface area contributed by atoms with E-state index in [0.29, 0.717) is 11.5 Å². The zero-order chi connectivity index (χ0) is 14.7. The fourth-order valence-electron chi connectivity index (χ4n) is 3.65. The second kappa shape index (κ2) is 6.66. The lowest BCUT2D eigenvalue weighted by Crippen LogP contribution is -2.41. The molecule has 2 aliphatic heterocycles. The summed E-state index contributed by atoms with van der Waals surface area (Å²) in [6.45, 7) is 4.17. The summed E-state index contributed by atoms with van der Waals surface area (Å²) in [5, 5.41) is 9.82. The Balaban J connectivity index is 1.52. The number of hydrogen-bond acceptors (Lipinski definition) is 3. The Hall–Kier alpha value is -0.610. The topological polar surface area (TPSA) is 32.7 Å². The van der Waals surface area contributed by atoms with Crippen molar-refractivity contribution in [1.29, 1.82) is 0 Å². The highest BCUT2D eigenvalue weighted by Crippen LogP contribution is 2.42. The Labute approximate surface area is 131 Å². The molecule has 3 nitrogen and oxygen atoms in total. The number of rotatable bonds is 4. The fourth-order valence-corrected chi connectivity index (χ4v) is 3.78. The number of nitrogens with zero attached hydrogens (tertiary/aromatic N) is 1. The standard InChI is InChI=1S/C17H24ClNO2/c18-15-3-1-14(2-4-15)11-16-12-17(13-21-16)5-7-19(8-6-17)9-10-20/h1-4,16,20H,5-13H2/t16-/m1/s1. The van der Waals surface area contributed by atoms with E-state index < -0.39 is 0 Å². The zero-order valence-corrected chi connectivity index (χ0v) is 13.2. The van der Waals surface area contributed by atoms with E-state index in [1.54, 1.807) is 0 Å². The monoisotopic (exact) mass is 309 g/mol. The van der Waals surface area contributed by atoms with Crippen LogP contribution in [0.15, 0.2) is 24.3 Å². The molecule has 4 heteroatoms. The lowest BCUT2D eigenvalue weighted by molar-refractivity contribution is 0.0600. The number of ether oxygens (including phenoxy) is 1. The Kier molecular flexibility index (Phi) is 4.85. The third-order valence-corrected chi connectivity index (χ3v) is 5.25. The first-order chi connectivity index (χ1) is 10.2. The van der Waals surface area contributed by atoms with Gasteiger partial charge in [-0.1, -0.05) is 23.7 Å². The van der Waals surface area contributed by atoms with Crippen molar-refractivity contribution in [3.05, 3.63) is 34.9 Å². The maximum atomic E-state index is 9.03. The minimum atomic E-state index is 0.267. The number of hydrogen-bond donors (Lipinski definition) is 1. The molecule has 1 N–H and O–H groups in total. The molecule has 1 spiro atoms. The Morgan fingerprint density at radius 3 is 2.62 bits per heavy atom. The van der Waals surface area contributed by atoms with E-state index in [4.69, 9.17) is 21.4 Å².